The maximum atomic E-state index is 12.8. The Kier molecular flexibility index (Phi) is 3.77. The third kappa shape index (κ3) is 2.59. The van der Waals surface area contributed by atoms with Gasteiger partial charge in [0.1, 0.15) is 11.5 Å². The lowest BCUT2D eigenvalue weighted by atomic mass is 10.1. The number of rotatable bonds is 4. The summed E-state index contributed by atoms with van der Waals surface area (Å²) in [6, 6.07) is 5.85. The normalized spacial score (nSPS) is 10.6. The molecule has 0 radical (unpaired) electrons. The fraction of sp³-hybridized carbons (Fsp3) is 0.231. The molecule has 5 heteroatoms. The van der Waals surface area contributed by atoms with Gasteiger partial charge in [-0.25, -0.2) is 4.39 Å². The average molecular weight is 267 g/mol. The molecule has 0 atom stereocenters. The van der Waals surface area contributed by atoms with Crippen LogP contribution in [0.2, 0.25) is 5.02 Å². The van der Waals surface area contributed by atoms with E-state index in [4.69, 9.17) is 11.6 Å². The van der Waals surface area contributed by atoms with Crippen LogP contribution in [0.3, 0.4) is 0 Å². The first kappa shape index (κ1) is 12.8. The number of hydrogen-bond donors (Lipinski definition) is 0. The Labute approximate surface area is 109 Å². The second-order valence-electron chi connectivity index (χ2n) is 3.88. The van der Waals surface area contributed by atoms with Gasteiger partial charge in [-0.2, -0.15) is 5.10 Å². The number of aromatic nitrogens is 2. The highest BCUT2D eigenvalue weighted by Gasteiger charge is 2.16. The summed E-state index contributed by atoms with van der Waals surface area (Å²) < 4.78 is 14.3. The molecule has 1 aromatic heterocycles. The van der Waals surface area contributed by atoms with Crippen LogP contribution in [-0.2, 0) is 13.0 Å². The SMILES string of the molecule is CCn1ncc(Cl)c1C(=O)Cc1ccc(F)cc1. The van der Waals surface area contributed by atoms with Crippen LogP contribution in [0.15, 0.2) is 30.5 Å². The van der Waals surface area contributed by atoms with E-state index in [1.165, 1.54) is 18.3 Å². The highest BCUT2D eigenvalue weighted by molar-refractivity contribution is 6.33. The van der Waals surface area contributed by atoms with Crippen LogP contribution >= 0.6 is 11.6 Å². The molecule has 18 heavy (non-hydrogen) atoms. The fourth-order valence-corrected chi connectivity index (χ4v) is 2.00. The van der Waals surface area contributed by atoms with Gasteiger partial charge in [-0.3, -0.25) is 9.48 Å². The molecule has 0 aliphatic heterocycles. The van der Waals surface area contributed by atoms with Crippen molar-refractivity contribution in [3.05, 3.63) is 52.6 Å². The number of halogens is 2. The zero-order valence-corrected chi connectivity index (χ0v) is 10.6. The smallest absolute Gasteiger partial charge is 0.186 e. The Hall–Kier alpha value is -1.68. The largest absolute Gasteiger partial charge is 0.292 e. The summed E-state index contributed by atoms with van der Waals surface area (Å²) in [6.07, 6.45) is 1.65. The van der Waals surface area contributed by atoms with Crippen LogP contribution < -0.4 is 0 Å². The lowest BCUT2D eigenvalue weighted by Gasteiger charge is -2.05. The first-order valence-corrected chi connectivity index (χ1v) is 5.98. The molecule has 0 bridgehead atoms. The number of carbonyl (C=O) groups excluding carboxylic acids is 1. The standard InChI is InChI=1S/C13H12ClFN2O/c1-2-17-13(11(14)8-16-17)12(18)7-9-3-5-10(15)6-4-9/h3-6,8H,2,7H2,1H3. The maximum Gasteiger partial charge on any atom is 0.186 e. The molecular weight excluding hydrogens is 255 g/mol. The van der Waals surface area contributed by atoms with Crippen molar-refractivity contribution in [2.75, 3.05) is 0 Å². The molecule has 0 spiro atoms. The van der Waals surface area contributed by atoms with E-state index in [0.717, 1.165) is 5.56 Å². The number of aryl methyl sites for hydroxylation is 1. The van der Waals surface area contributed by atoms with Crippen molar-refractivity contribution in [1.82, 2.24) is 9.78 Å². The molecule has 1 heterocycles. The Morgan fingerprint density at radius 1 is 1.39 bits per heavy atom. The molecule has 2 aromatic rings. The summed E-state index contributed by atoms with van der Waals surface area (Å²) in [5, 5.41) is 4.37. The molecule has 0 amide bonds. The van der Waals surface area contributed by atoms with E-state index in [1.807, 2.05) is 6.92 Å². The number of carbonyl (C=O) groups is 1. The van der Waals surface area contributed by atoms with Gasteiger partial charge < -0.3 is 0 Å². The molecule has 3 nitrogen and oxygen atoms in total. The van der Waals surface area contributed by atoms with Crippen molar-refractivity contribution in [3.8, 4) is 0 Å². The predicted octanol–water partition coefficient (Wildman–Crippen LogP) is 3.12. The van der Waals surface area contributed by atoms with E-state index < -0.39 is 0 Å². The monoisotopic (exact) mass is 266 g/mol. The Bertz CT molecular complexity index is 563. The molecule has 2 rings (SSSR count). The average Bonchev–Trinajstić information content (AvgIpc) is 2.73. The summed E-state index contributed by atoms with van der Waals surface area (Å²) in [4.78, 5) is 12.1. The summed E-state index contributed by atoms with van der Waals surface area (Å²) in [5.74, 6) is -0.436. The molecule has 0 fully saturated rings. The van der Waals surface area contributed by atoms with E-state index in [9.17, 15) is 9.18 Å². The van der Waals surface area contributed by atoms with Gasteiger partial charge in [-0.05, 0) is 24.6 Å². The van der Waals surface area contributed by atoms with Crippen LogP contribution in [-0.4, -0.2) is 15.6 Å². The quantitative estimate of drug-likeness (QED) is 0.797. The number of ketones is 1. The van der Waals surface area contributed by atoms with E-state index in [0.29, 0.717) is 17.3 Å². The summed E-state index contributed by atoms with van der Waals surface area (Å²) >= 11 is 5.95. The summed E-state index contributed by atoms with van der Waals surface area (Å²) in [6.45, 7) is 2.47. The third-order valence-electron chi connectivity index (χ3n) is 2.64. The van der Waals surface area contributed by atoms with Crippen molar-refractivity contribution < 1.29 is 9.18 Å². The third-order valence-corrected chi connectivity index (χ3v) is 2.91. The van der Waals surface area contributed by atoms with Crippen LogP contribution in [0, 0.1) is 5.82 Å². The fourth-order valence-electron chi connectivity index (χ4n) is 1.75. The number of hydrogen-bond acceptors (Lipinski definition) is 2. The van der Waals surface area contributed by atoms with E-state index in [1.54, 1.807) is 16.8 Å². The van der Waals surface area contributed by atoms with Gasteiger partial charge in [-0.15, -0.1) is 0 Å². The minimum Gasteiger partial charge on any atom is -0.292 e. The molecule has 0 aliphatic rings. The highest BCUT2D eigenvalue weighted by atomic mass is 35.5. The van der Waals surface area contributed by atoms with Crippen molar-refractivity contribution in [1.29, 1.82) is 0 Å². The molecule has 0 unspecified atom stereocenters. The first-order valence-electron chi connectivity index (χ1n) is 5.60. The maximum absolute atomic E-state index is 12.8. The lowest BCUT2D eigenvalue weighted by Crippen LogP contribution is -2.12. The van der Waals surface area contributed by atoms with E-state index in [-0.39, 0.29) is 18.0 Å². The second-order valence-corrected chi connectivity index (χ2v) is 4.29. The van der Waals surface area contributed by atoms with Gasteiger partial charge >= 0.3 is 0 Å². The summed E-state index contributed by atoms with van der Waals surface area (Å²) in [7, 11) is 0. The van der Waals surface area contributed by atoms with Crippen molar-refractivity contribution in [2.45, 2.75) is 19.9 Å². The van der Waals surface area contributed by atoms with Gasteiger partial charge in [0.05, 0.1) is 11.2 Å². The van der Waals surface area contributed by atoms with Gasteiger partial charge in [0.2, 0.25) is 0 Å². The van der Waals surface area contributed by atoms with Gasteiger partial charge in [0.25, 0.3) is 0 Å². The zero-order chi connectivity index (χ0) is 13.1. The van der Waals surface area contributed by atoms with E-state index >= 15 is 0 Å². The second kappa shape index (κ2) is 5.31. The Morgan fingerprint density at radius 2 is 2.06 bits per heavy atom. The molecule has 94 valence electrons. The molecular formula is C13H12ClFN2O. The van der Waals surface area contributed by atoms with Crippen LogP contribution in [0.5, 0.6) is 0 Å². The topological polar surface area (TPSA) is 34.9 Å². The Balaban J connectivity index is 2.21. The predicted molar refractivity (Wildman–Crippen MR) is 67.3 cm³/mol. The number of nitrogens with zero attached hydrogens (tertiary/aromatic N) is 2. The molecule has 0 saturated carbocycles. The highest BCUT2D eigenvalue weighted by Crippen LogP contribution is 2.17. The van der Waals surface area contributed by atoms with Crippen molar-refractivity contribution >= 4 is 17.4 Å². The molecule has 0 N–H and O–H groups in total. The first-order chi connectivity index (χ1) is 8.61. The van der Waals surface area contributed by atoms with Crippen LogP contribution in [0.25, 0.3) is 0 Å². The number of Topliss-reactive ketones (excluding diaryl/α,β-unsaturated/α-hetero) is 1. The lowest BCUT2D eigenvalue weighted by molar-refractivity contribution is 0.0983. The Morgan fingerprint density at radius 3 is 2.67 bits per heavy atom. The zero-order valence-electron chi connectivity index (χ0n) is 9.86. The minimum atomic E-state index is -0.317. The molecule has 1 aromatic carbocycles. The van der Waals surface area contributed by atoms with E-state index in [2.05, 4.69) is 5.10 Å². The molecule has 0 saturated heterocycles. The minimum absolute atomic E-state index is 0.119. The summed E-state index contributed by atoms with van der Waals surface area (Å²) in [5.41, 5.74) is 1.16. The van der Waals surface area contributed by atoms with Crippen molar-refractivity contribution in [2.24, 2.45) is 0 Å². The number of benzene rings is 1. The van der Waals surface area contributed by atoms with Gasteiger partial charge in [-0.1, -0.05) is 23.7 Å². The van der Waals surface area contributed by atoms with Crippen LogP contribution in [0.1, 0.15) is 23.0 Å². The molecule has 0 aliphatic carbocycles. The van der Waals surface area contributed by atoms with Crippen LogP contribution in [0.4, 0.5) is 4.39 Å². The van der Waals surface area contributed by atoms with Gasteiger partial charge in [0.15, 0.2) is 5.78 Å². The van der Waals surface area contributed by atoms with Gasteiger partial charge in [0, 0.05) is 13.0 Å². The van der Waals surface area contributed by atoms with Crippen molar-refractivity contribution in [3.63, 3.8) is 0 Å².